The van der Waals surface area contributed by atoms with Crippen molar-refractivity contribution >= 4 is 24.6 Å². The Morgan fingerprint density at radius 3 is 2.65 bits per heavy atom. The Morgan fingerprint density at radius 1 is 1.05 bits per heavy atom. The van der Waals surface area contributed by atoms with Crippen LogP contribution in [0.1, 0.15) is 74.9 Å². The van der Waals surface area contributed by atoms with Crippen LogP contribution in [0.5, 0.6) is 0 Å². The molecule has 3 aromatic rings. The van der Waals surface area contributed by atoms with Gasteiger partial charge in [-0.3, -0.25) is 9.39 Å². The maximum absolute atomic E-state index is 10.6. The zero-order valence-corrected chi connectivity index (χ0v) is 21.4. The molecule has 1 fully saturated rings. The summed E-state index contributed by atoms with van der Waals surface area (Å²) in [4.78, 5) is 2.30. The highest BCUT2D eigenvalue weighted by molar-refractivity contribution is 6.40. The van der Waals surface area contributed by atoms with Crippen molar-refractivity contribution in [2.24, 2.45) is 0 Å². The molecule has 8 nitrogen and oxygen atoms in total. The predicted octanol–water partition coefficient (Wildman–Crippen LogP) is 3.89. The number of hydrogen-bond donors (Lipinski definition) is 2. The Hall–Kier alpha value is -3.59. The van der Waals surface area contributed by atoms with E-state index in [-0.39, 0.29) is 0 Å². The van der Waals surface area contributed by atoms with Crippen molar-refractivity contribution in [1.29, 1.82) is 0 Å². The first-order valence-corrected chi connectivity index (χ1v) is 13.5. The lowest BCUT2D eigenvalue weighted by molar-refractivity contribution is -0.539. The average Bonchev–Trinajstić information content (AvgIpc) is 3.67. The molecule has 1 aromatic carbocycles. The lowest BCUT2D eigenvalue weighted by Gasteiger charge is -2.27. The quantitative estimate of drug-likeness (QED) is 0.225. The van der Waals surface area contributed by atoms with Crippen LogP contribution in [0.3, 0.4) is 0 Å². The first kappa shape index (κ1) is 23.8. The molecule has 3 aliphatic heterocycles. The van der Waals surface area contributed by atoms with Gasteiger partial charge in [0.15, 0.2) is 0 Å². The number of fused-ring (bicyclic) bond motifs is 2. The maximum atomic E-state index is 10.6. The molecular weight excluding hydrogens is 461 g/mol. The summed E-state index contributed by atoms with van der Waals surface area (Å²) >= 11 is 0. The van der Waals surface area contributed by atoms with Crippen LogP contribution in [0.15, 0.2) is 60.4 Å². The van der Waals surface area contributed by atoms with Gasteiger partial charge >= 0.3 is 7.55 Å². The molecule has 0 bridgehead atoms. The summed E-state index contributed by atoms with van der Waals surface area (Å²) < 4.78 is 6.43. The largest absolute Gasteiger partial charge is 0.553 e. The van der Waals surface area contributed by atoms with Gasteiger partial charge in [-0.1, -0.05) is 43.5 Å². The summed E-state index contributed by atoms with van der Waals surface area (Å²) in [5.41, 5.74) is 11.9. The topological polar surface area (TPSA) is 88.1 Å². The van der Waals surface area contributed by atoms with Crippen LogP contribution >= 0.6 is 0 Å². The van der Waals surface area contributed by atoms with E-state index in [0.29, 0.717) is 12.1 Å². The fourth-order valence-electron chi connectivity index (χ4n) is 5.56. The van der Waals surface area contributed by atoms with Crippen LogP contribution in [0.4, 0.5) is 5.69 Å². The van der Waals surface area contributed by atoms with E-state index in [4.69, 9.17) is 5.73 Å². The highest BCUT2D eigenvalue weighted by Crippen LogP contribution is 2.37. The third-order valence-corrected chi connectivity index (χ3v) is 7.58. The van der Waals surface area contributed by atoms with Crippen molar-refractivity contribution in [1.82, 2.24) is 24.3 Å². The van der Waals surface area contributed by atoms with E-state index in [1.165, 1.54) is 25.1 Å². The number of piperidine rings is 1. The third-order valence-electron chi connectivity index (χ3n) is 7.58. The molecule has 1 atom stereocenters. The van der Waals surface area contributed by atoms with Gasteiger partial charge in [0.05, 0.1) is 25.4 Å². The second kappa shape index (κ2) is 10.1. The molecule has 3 aliphatic rings. The van der Waals surface area contributed by atoms with Gasteiger partial charge in [0.25, 0.3) is 5.84 Å². The van der Waals surface area contributed by atoms with Crippen LogP contribution in [0.2, 0.25) is 0 Å². The van der Waals surface area contributed by atoms with Crippen molar-refractivity contribution < 1.29 is 9.68 Å². The van der Waals surface area contributed by atoms with E-state index in [1.807, 2.05) is 18.3 Å². The van der Waals surface area contributed by atoms with E-state index in [0.717, 1.165) is 66.4 Å². The first-order chi connectivity index (χ1) is 18.1. The lowest BCUT2D eigenvalue weighted by atomic mass is 9.91. The minimum atomic E-state index is -0.598. The number of benzene rings is 1. The molecule has 0 aliphatic carbocycles. The van der Waals surface area contributed by atoms with Gasteiger partial charge in [-0.2, -0.15) is 0 Å². The molecule has 37 heavy (non-hydrogen) atoms. The van der Waals surface area contributed by atoms with Crippen LogP contribution in [-0.2, 0) is 0 Å². The van der Waals surface area contributed by atoms with Crippen molar-refractivity contribution in [2.75, 3.05) is 18.8 Å². The molecule has 1 saturated heterocycles. The summed E-state index contributed by atoms with van der Waals surface area (Å²) in [6.07, 6.45) is 13.4. The Morgan fingerprint density at radius 2 is 1.86 bits per heavy atom. The van der Waals surface area contributed by atoms with Gasteiger partial charge in [-0.15, -0.1) is 5.10 Å². The molecule has 9 heteroatoms. The van der Waals surface area contributed by atoms with Crippen LogP contribution < -0.4 is 5.73 Å². The molecule has 0 saturated carbocycles. The number of nitrogen functional groups attached to an aromatic ring is 1. The van der Waals surface area contributed by atoms with E-state index in [2.05, 4.69) is 75.1 Å². The van der Waals surface area contributed by atoms with E-state index < -0.39 is 6.10 Å². The van der Waals surface area contributed by atoms with Crippen LogP contribution in [-0.4, -0.2) is 60.4 Å². The molecule has 1 radical (unpaired) electrons. The Balaban J connectivity index is 1.41. The number of rotatable bonds is 7. The van der Waals surface area contributed by atoms with Crippen molar-refractivity contribution in [3.63, 3.8) is 0 Å². The van der Waals surface area contributed by atoms with Crippen molar-refractivity contribution in [3.05, 3.63) is 77.4 Å². The van der Waals surface area contributed by atoms with Gasteiger partial charge in [0, 0.05) is 23.0 Å². The van der Waals surface area contributed by atoms with E-state index in [9.17, 15) is 5.11 Å². The van der Waals surface area contributed by atoms with Crippen molar-refractivity contribution in [3.8, 4) is 5.82 Å². The zero-order chi connectivity index (χ0) is 25.4. The smallest absolute Gasteiger partial charge is 0.399 e. The van der Waals surface area contributed by atoms with Crippen LogP contribution in [0, 0.1) is 0 Å². The first-order valence-electron chi connectivity index (χ1n) is 13.5. The van der Waals surface area contributed by atoms with Crippen LogP contribution in [0.25, 0.3) is 11.4 Å². The number of amidine groups is 1. The highest BCUT2D eigenvalue weighted by Gasteiger charge is 2.40. The minimum Gasteiger partial charge on any atom is -0.399 e. The molecule has 6 rings (SSSR count). The van der Waals surface area contributed by atoms with E-state index >= 15 is 0 Å². The van der Waals surface area contributed by atoms with E-state index in [1.54, 1.807) is 4.68 Å². The third kappa shape index (κ3) is 4.41. The molecule has 2 aromatic heterocycles. The van der Waals surface area contributed by atoms with Gasteiger partial charge < -0.3 is 15.3 Å². The predicted molar refractivity (Wildman–Crippen MR) is 146 cm³/mol. The number of unbranched alkanes of at least 4 members (excludes halogenated alkanes) is 2. The average molecular weight is 495 g/mol. The molecule has 0 amide bonds. The van der Waals surface area contributed by atoms with Crippen molar-refractivity contribution in [2.45, 2.75) is 58.0 Å². The highest BCUT2D eigenvalue weighted by atomic mass is 16.3. The Labute approximate surface area is 218 Å². The maximum Gasteiger partial charge on any atom is 0.553 e. The molecule has 0 spiro atoms. The number of aliphatic hydroxyl groups is 1. The van der Waals surface area contributed by atoms with Gasteiger partial charge in [0.1, 0.15) is 17.2 Å². The second-order valence-electron chi connectivity index (χ2n) is 10.2. The summed E-state index contributed by atoms with van der Waals surface area (Å²) in [7, 11) is 2.16. The second-order valence-corrected chi connectivity index (χ2v) is 10.2. The number of nitrogens with zero attached hydrogens (tertiary/aromatic N) is 6. The molecule has 3 N–H and O–H groups in total. The molecule has 189 valence electrons. The fraction of sp³-hybridized carbons (Fsp3) is 0.393. The summed E-state index contributed by atoms with van der Waals surface area (Å²) in [6.45, 7) is 4.31. The number of aromatic nitrogens is 4. The van der Waals surface area contributed by atoms with Gasteiger partial charge in [-0.05, 0) is 61.6 Å². The number of aliphatic hydroxyl groups excluding tert-OH is 1. The molecule has 5 heterocycles. The molecular formula is C28H34BN7O+. The summed E-state index contributed by atoms with van der Waals surface area (Å²) in [5, 5.41) is 19.4. The molecule has 1 unspecified atom stereocenters. The SMILES string of the molecule is CCCCCC(O)c1cn(-c2ccc3n2[B]N2C(=C3c3ccc(N)cc3)C=CC2=[N+]2CCCCC2)nn1. The zero-order valence-electron chi connectivity index (χ0n) is 21.4. The summed E-state index contributed by atoms with van der Waals surface area (Å²) in [5.74, 6) is 2.09. The lowest BCUT2D eigenvalue weighted by Crippen LogP contribution is -2.43. The summed E-state index contributed by atoms with van der Waals surface area (Å²) in [6, 6.07) is 12.3. The number of hydrogen-bond acceptors (Lipinski definition) is 4. The minimum absolute atomic E-state index is 0.598. The number of anilines is 1. The Bertz CT molecular complexity index is 1370. The van der Waals surface area contributed by atoms with Gasteiger partial charge in [0.2, 0.25) is 0 Å². The number of nitrogens with two attached hydrogens (primary N) is 1. The van der Waals surface area contributed by atoms with Gasteiger partial charge in [-0.25, -0.2) is 4.68 Å². The number of allylic oxidation sites excluding steroid dienone is 1. The monoisotopic (exact) mass is 495 g/mol. The standard InChI is InChI=1S/C28H33BN7O/c1-2-3-5-8-25(37)22-19-34(32-31-22)27-16-14-24-28(20-9-11-21(30)12-10-20)23-13-15-26(35(23)29-36(24)27)33-17-6-4-7-18-33/h9-16,19,25,30,37H,2-8,17-18H2,1H3/p+1. The fourth-order valence-corrected chi connectivity index (χ4v) is 5.56. The normalized spacial score (nSPS) is 17.7. The Kier molecular flexibility index (Phi) is 6.46.